The number of hydrogen-bond acceptors (Lipinski definition) is 18. The molecule has 0 aliphatic heterocycles. The summed E-state index contributed by atoms with van der Waals surface area (Å²) in [5.74, 6) is 0. The molecule has 20 nitrogen and oxygen atoms in total. The van der Waals surface area contributed by atoms with Gasteiger partial charge < -0.3 is 21.6 Å². The third-order valence-corrected chi connectivity index (χ3v) is 5.06. The predicted molar refractivity (Wildman–Crippen MR) is 265 cm³/mol. The van der Waals surface area contributed by atoms with Gasteiger partial charge in [0, 0.05) is 98.6 Å². The van der Waals surface area contributed by atoms with Crippen molar-refractivity contribution in [1.29, 1.82) is 21.0 Å². The molecule has 0 aliphatic carbocycles. The summed E-state index contributed by atoms with van der Waals surface area (Å²) in [6.07, 6.45) is 32.2. The molecule has 0 bridgehead atoms. The number of aromatic nitrogens is 12. The maximum Gasteiger partial charge on any atom is 2.00 e. The first-order valence-corrected chi connectivity index (χ1v) is 19.2. The zero-order chi connectivity index (χ0) is 51.1. The molecule has 8 aromatic heterocycles. The molecule has 25 heteroatoms. The maximum atomic E-state index is 8.19. The van der Waals surface area contributed by atoms with Gasteiger partial charge >= 0.3 is 17.1 Å². The van der Waals surface area contributed by atoms with E-state index in [1.807, 2.05) is 122 Å². The number of pyridine rings is 4. The van der Waals surface area contributed by atoms with Gasteiger partial charge in [-0.05, 0) is 24.3 Å². The second kappa shape index (κ2) is 65.2. The second-order valence-corrected chi connectivity index (χ2v) is 10.1. The van der Waals surface area contributed by atoms with E-state index in [0.717, 1.165) is 0 Å². The number of nitrogens with one attached hydrogen (secondary N) is 2. The molecule has 0 atom stereocenters. The van der Waals surface area contributed by atoms with Crippen LogP contribution in [0.15, 0.2) is 197 Å². The second-order valence-electron chi connectivity index (χ2n) is 9.38. The molecule has 0 amide bonds. The van der Waals surface area contributed by atoms with Crippen molar-refractivity contribution in [2.24, 2.45) is 0 Å². The van der Waals surface area contributed by atoms with Crippen molar-refractivity contribution in [2.45, 2.75) is 0 Å². The van der Waals surface area contributed by atoms with Crippen LogP contribution in [-0.4, -0.2) is 70.5 Å². The van der Waals surface area contributed by atoms with Crippen molar-refractivity contribution in [3.8, 4) is 24.3 Å². The molecular formula is C44H34FeN20S4. The first kappa shape index (κ1) is 68.7. The zero-order valence-corrected chi connectivity index (χ0v) is 39.9. The summed E-state index contributed by atoms with van der Waals surface area (Å²) >= 11 is 14.8. The topological polar surface area (TPSA) is 342 Å². The molecule has 0 unspecified atom stereocenters. The van der Waals surface area contributed by atoms with Crippen molar-refractivity contribution in [1.82, 2.24) is 49.8 Å². The van der Waals surface area contributed by atoms with Crippen LogP contribution in [0.3, 0.4) is 0 Å². The van der Waals surface area contributed by atoms with Gasteiger partial charge in [0.1, 0.15) is 24.3 Å². The third kappa shape index (κ3) is 63.0. The van der Waals surface area contributed by atoms with Crippen LogP contribution in [0.1, 0.15) is 22.8 Å². The van der Waals surface area contributed by atoms with Crippen LogP contribution in [0, 0.1) is 45.3 Å². The van der Waals surface area contributed by atoms with Gasteiger partial charge in [0.05, 0.1) is 24.8 Å². The van der Waals surface area contributed by atoms with Gasteiger partial charge in [-0.15, -0.1) is 0 Å². The average Bonchev–Trinajstić information content (AvgIpc) is 3.44. The first-order chi connectivity index (χ1) is 33.4. The smallest absolute Gasteiger partial charge is 0.753 e. The van der Waals surface area contributed by atoms with E-state index in [0.29, 0.717) is 22.8 Å². The van der Waals surface area contributed by atoms with Gasteiger partial charge in [-0.2, -0.15) is 41.7 Å². The number of rotatable bonds is 0. The van der Waals surface area contributed by atoms with E-state index in [-0.39, 0.29) is 17.1 Å². The molecule has 8 heterocycles. The number of nitriles is 4. The number of isothiocyanates is 4. The fourth-order valence-electron chi connectivity index (χ4n) is 2.74. The van der Waals surface area contributed by atoms with Crippen molar-refractivity contribution in [3.63, 3.8) is 0 Å². The first-order valence-electron chi connectivity index (χ1n) is 17.6. The van der Waals surface area contributed by atoms with E-state index in [4.69, 9.17) is 42.7 Å². The predicted octanol–water partition coefficient (Wildman–Crippen LogP) is 7.19. The Hall–Kier alpha value is -9.40. The number of H-pyrrole nitrogens is 2. The molecule has 0 saturated carbocycles. The minimum absolute atomic E-state index is 0. The number of thiocarbonyl (C=S) groups is 4. The summed E-state index contributed by atoms with van der Waals surface area (Å²) in [4.78, 5) is 42.7. The van der Waals surface area contributed by atoms with Crippen molar-refractivity contribution < 1.29 is 27.0 Å². The molecule has 8 aromatic rings. The fraction of sp³-hybridized carbons (Fsp3) is 0. The molecule has 0 aliphatic rings. The summed E-state index contributed by atoms with van der Waals surface area (Å²) in [7, 11) is 0. The van der Waals surface area contributed by atoms with Crippen LogP contribution < -0.4 is 9.97 Å². The summed E-state index contributed by atoms with van der Waals surface area (Å²) in [6, 6.07) is 30.6. The van der Waals surface area contributed by atoms with E-state index in [2.05, 4.69) is 109 Å². The fourth-order valence-corrected chi connectivity index (χ4v) is 2.74. The van der Waals surface area contributed by atoms with Crippen molar-refractivity contribution >= 4 is 69.5 Å². The number of aromatic amines is 2. The van der Waals surface area contributed by atoms with Gasteiger partial charge in [-0.3, -0.25) is 29.9 Å². The SMILES string of the molecule is N#Cc1cnccn1.N#Cc1cnccn1.N#Cc1cnccn1.N#Cc1cnccn1.[Fe+2].[N-]=C=S.[N-]=C=S.[N-]=C=S.[N-]=C=S.c1cc[nH+]cc1.c1cc[nH+]cc1.c1ccncc1.c1ccncc1. The molecule has 8 rings (SSSR count). The van der Waals surface area contributed by atoms with Gasteiger partial charge in [0.15, 0.2) is 47.6 Å². The quantitative estimate of drug-likeness (QED) is 0.0823. The minimum Gasteiger partial charge on any atom is -0.753 e. The molecule has 342 valence electrons. The molecule has 0 spiro atoms. The average molecular weight is 1030 g/mol. The third-order valence-electron chi connectivity index (χ3n) is 5.06. The monoisotopic (exact) mass is 1030 g/mol. The Morgan fingerprint density at radius 3 is 0.594 bits per heavy atom. The van der Waals surface area contributed by atoms with E-state index in [1.54, 1.807) is 24.8 Å². The Morgan fingerprint density at radius 1 is 0.319 bits per heavy atom. The largest absolute Gasteiger partial charge is 2.00 e. The molecule has 0 aromatic carbocycles. The Kier molecular flexibility index (Phi) is 64.9. The van der Waals surface area contributed by atoms with Gasteiger partial charge in [0.25, 0.3) is 0 Å². The molecule has 0 saturated heterocycles. The van der Waals surface area contributed by atoms with E-state index >= 15 is 0 Å². The molecular weight excluding hydrogens is 993 g/mol. The van der Waals surface area contributed by atoms with E-state index in [9.17, 15) is 0 Å². The van der Waals surface area contributed by atoms with Crippen LogP contribution in [0.2, 0.25) is 0 Å². The minimum atomic E-state index is 0. The number of nitrogens with zero attached hydrogens (tertiary/aromatic N) is 18. The van der Waals surface area contributed by atoms with Crippen LogP contribution in [0.4, 0.5) is 0 Å². The normalized spacial score (nSPS) is 6.90. The Balaban J connectivity index is -0.000000219. The standard InChI is InChI=1S/4C5H3N3.4C5H5N.4CNS.Fe/c4*6-3-5-4-7-1-2-8-5;4*1-2-4-6-5-3-1;4*2-1-3;/h4*1-2,4H;4*1-5H;;;;;/q;;;;;;;;4*-1;+2/p+2. The Bertz CT molecular complexity index is 2110. The Morgan fingerprint density at radius 2 is 0.522 bits per heavy atom. The van der Waals surface area contributed by atoms with Crippen molar-refractivity contribution in [3.05, 3.63) is 241 Å². The summed E-state index contributed by atoms with van der Waals surface area (Å²) in [5.41, 5.74) is 1.42. The van der Waals surface area contributed by atoms with Crippen LogP contribution in [0.25, 0.3) is 21.6 Å². The van der Waals surface area contributed by atoms with Gasteiger partial charge in [-0.25, -0.2) is 29.9 Å². The van der Waals surface area contributed by atoms with Crippen LogP contribution >= 0.6 is 48.9 Å². The summed E-state index contributed by atoms with van der Waals surface area (Å²) in [5, 5.41) is 66.6. The van der Waals surface area contributed by atoms with Crippen molar-refractivity contribution in [2.75, 3.05) is 0 Å². The molecule has 0 radical (unpaired) electrons. The zero-order valence-electron chi connectivity index (χ0n) is 35.5. The van der Waals surface area contributed by atoms with Gasteiger partial charge in [0.2, 0.25) is 0 Å². The number of hydrogen-bond donors (Lipinski definition) is 0. The van der Waals surface area contributed by atoms with E-state index in [1.165, 1.54) is 95.0 Å². The molecule has 0 fully saturated rings. The van der Waals surface area contributed by atoms with Crippen LogP contribution in [-0.2, 0) is 17.1 Å². The maximum absolute atomic E-state index is 8.19. The molecule has 69 heavy (non-hydrogen) atoms. The van der Waals surface area contributed by atoms with E-state index < -0.39 is 0 Å². The molecule has 2 N–H and O–H groups in total. The Labute approximate surface area is 430 Å². The summed E-state index contributed by atoms with van der Waals surface area (Å²) in [6.45, 7) is 0. The van der Waals surface area contributed by atoms with Gasteiger partial charge in [-0.1, -0.05) is 73.1 Å². The summed E-state index contributed by atoms with van der Waals surface area (Å²) < 4.78 is 0. The van der Waals surface area contributed by atoms with Crippen LogP contribution in [0.5, 0.6) is 0 Å².